The van der Waals surface area contributed by atoms with E-state index in [1.165, 1.54) is 0 Å². The van der Waals surface area contributed by atoms with Crippen molar-refractivity contribution < 1.29 is 4.79 Å². The Morgan fingerprint density at radius 1 is 1.34 bits per heavy atom. The standard InChI is InChI=1S/C23H22ClN7O/c1-3-17-10-20(14(2)30(17)13-26)29-23(32)18-9-15-12-27-31(21(15)11-19(18)24)22-6-4-5-16(28-22)7-8-25/h4-6,9,11-12,14,17,20H,3,7,10H2,1-2H3,(H,29,32)/t14-,17+,20-/m1/s1. The summed E-state index contributed by atoms with van der Waals surface area (Å²) < 4.78 is 1.64. The number of rotatable bonds is 5. The molecule has 1 N–H and O–H groups in total. The number of nitriles is 2. The van der Waals surface area contributed by atoms with E-state index in [1.807, 2.05) is 19.9 Å². The van der Waals surface area contributed by atoms with Gasteiger partial charge in [0.1, 0.15) is 0 Å². The summed E-state index contributed by atoms with van der Waals surface area (Å²) in [7, 11) is 0. The summed E-state index contributed by atoms with van der Waals surface area (Å²) >= 11 is 6.50. The van der Waals surface area contributed by atoms with Gasteiger partial charge in [-0.2, -0.15) is 15.6 Å². The predicted octanol–water partition coefficient (Wildman–Crippen LogP) is 3.59. The Morgan fingerprint density at radius 2 is 2.16 bits per heavy atom. The van der Waals surface area contributed by atoms with Crippen molar-refractivity contribution in [1.29, 1.82) is 10.5 Å². The summed E-state index contributed by atoms with van der Waals surface area (Å²) in [5.41, 5.74) is 1.72. The molecule has 0 bridgehead atoms. The van der Waals surface area contributed by atoms with Gasteiger partial charge in [-0.05, 0) is 44.0 Å². The number of likely N-dealkylation sites (tertiary alicyclic amines) is 1. The highest BCUT2D eigenvalue weighted by Crippen LogP contribution is 2.28. The van der Waals surface area contributed by atoms with E-state index in [-0.39, 0.29) is 30.5 Å². The molecule has 0 radical (unpaired) electrons. The molecule has 8 nitrogen and oxygen atoms in total. The maximum absolute atomic E-state index is 13.0. The highest BCUT2D eigenvalue weighted by Gasteiger charge is 2.38. The van der Waals surface area contributed by atoms with Crippen molar-refractivity contribution in [3.63, 3.8) is 0 Å². The van der Waals surface area contributed by atoms with Gasteiger partial charge in [0, 0.05) is 11.4 Å². The molecule has 9 heteroatoms. The van der Waals surface area contributed by atoms with E-state index in [9.17, 15) is 10.1 Å². The van der Waals surface area contributed by atoms with Crippen molar-refractivity contribution in [1.82, 2.24) is 25.0 Å². The number of pyridine rings is 1. The Kier molecular flexibility index (Phi) is 5.98. The summed E-state index contributed by atoms with van der Waals surface area (Å²) in [4.78, 5) is 19.3. The van der Waals surface area contributed by atoms with Crippen molar-refractivity contribution in [3.05, 3.63) is 52.8 Å². The molecule has 3 aromatic rings. The minimum absolute atomic E-state index is 0.0779. The van der Waals surface area contributed by atoms with Gasteiger partial charge < -0.3 is 10.2 Å². The molecule has 0 saturated carbocycles. The van der Waals surface area contributed by atoms with Crippen molar-refractivity contribution >= 4 is 28.4 Å². The number of halogens is 1. The van der Waals surface area contributed by atoms with Gasteiger partial charge in [0.25, 0.3) is 5.91 Å². The monoisotopic (exact) mass is 447 g/mol. The van der Waals surface area contributed by atoms with Gasteiger partial charge in [-0.3, -0.25) is 4.79 Å². The molecule has 4 rings (SSSR count). The molecule has 0 aliphatic carbocycles. The van der Waals surface area contributed by atoms with Gasteiger partial charge in [0.15, 0.2) is 12.0 Å². The molecule has 0 spiro atoms. The zero-order chi connectivity index (χ0) is 22.8. The molecule has 162 valence electrons. The van der Waals surface area contributed by atoms with Crippen LogP contribution in [0, 0.1) is 22.8 Å². The van der Waals surface area contributed by atoms with E-state index in [1.54, 1.807) is 40.0 Å². The zero-order valence-electron chi connectivity index (χ0n) is 17.8. The van der Waals surface area contributed by atoms with E-state index in [0.29, 0.717) is 27.6 Å². The number of carbonyl (C=O) groups excluding carboxylic acids is 1. The minimum atomic E-state index is -0.273. The van der Waals surface area contributed by atoms with E-state index in [0.717, 1.165) is 18.2 Å². The summed E-state index contributed by atoms with van der Waals surface area (Å²) in [5, 5.41) is 26.9. The van der Waals surface area contributed by atoms with Gasteiger partial charge in [0.05, 0.1) is 52.6 Å². The molecule has 1 aliphatic rings. The average molecular weight is 448 g/mol. The third-order valence-electron chi connectivity index (χ3n) is 6.01. The highest BCUT2D eigenvalue weighted by atomic mass is 35.5. The maximum Gasteiger partial charge on any atom is 0.253 e. The van der Waals surface area contributed by atoms with Crippen LogP contribution in [0.2, 0.25) is 5.02 Å². The summed E-state index contributed by atoms with van der Waals surface area (Å²) in [6, 6.07) is 10.8. The molecular formula is C23H22ClN7O. The van der Waals surface area contributed by atoms with Gasteiger partial charge >= 0.3 is 0 Å². The molecule has 3 heterocycles. The minimum Gasteiger partial charge on any atom is -0.347 e. The van der Waals surface area contributed by atoms with E-state index < -0.39 is 0 Å². The first-order valence-corrected chi connectivity index (χ1v) is 10.8. The first-order chi connectivity index (χ1) is 15.5. The molecule has 3 atom stereocenters. The topological polar surface area (TPSA) is 111 Å². The fourth-order valence-electron chi connectivity index (χ4n) is 4.26. The number of amides is 1. The highest BCUT2D eigenvalue weighted by molar-refractivity contribution is 6.34. The van der Waals surface area contributed by atoms with Crippen LogP contribution >= 0.6 is 11.6 Å². The molecular weight excluding hydrogens is 426 g/mol. The Hall–Kier alpha value is -3.62. The average Bonchev–Trinajstić information content (AvgIpc) is 3.33. The van der Waals surface area contributed by atoms with Crippen molar-refractivity contribution in [3.8, 4) is 18.1 Å². The van der Waals surface area contributed by atoms with Crippen LogP contribution in [0.15, 0.2) is 36.5 Å². The Balaban J connectivity index is 1.61. The van der Waals surface area contributed by atoms with Crippen LogP contribution in [0.4, 0.5) is 0 Å². The second-order valence-electron chi connectivity index (χ2n) is 7.89. The molecule has 32 heavy (non-hydrogen) atoms. The van der Waals surface area contributed by atoms with Gasteiger partial charge in [-0.1, -0.05) is 24.6 Å². The van der Waals surface area contributed by atoms with Crippen LogP contribution < -0.4 is 5.32 Å². The second-order valence-corrected chi connectivity index (χ2v) is 8.30. The van der Waals surface area contributed by atoms with Crippen LogP contribution in [-0.2, 0) is 6.42 Å². The fraction of sp³-hybridized carbons (Fsp3) is 0.348. The summed E-state index contributed by atoms with van der Waals surface area (Å²) in [6.45, 7) is 3.99. The van der Waals surface area contributed by atoms with E-state index in [2.05, 4.69) is 27.7 Å². The number of nitrogens with zero attached hydrogens (tertiary/aromatic N) is 6. The number of fused-ring (bicyclic) bond motifs is 1. The molecule has 1 amide bonds. The third kappa shape index (κ3) is 3.86. The number of hydrogen-bond acceptors (Lipinski definition) is 6. The van der Waals surface area contributed by atoms with Crippen LogP contribution in [0.3, 0.4) is 0 Å². The zero-order valence-corrected chi connectivity index (χ0v) is 18.5. The summed E-state index contributed by atoms with van der Waals surface area (Å²) in [6.07, 6.45) is 5.68. The molecule has 1 saturated heterocycles. The molecule has 2 aromatic heterocycles. The lowest BCUT2D eigenvalue weighted by atomic mass is 10.1. The quantitative estimate of drug-likeness (QED) is 0.598. The van der Waals surface area contributed by atoms with Gasteiger partial charge in [-0.25, -0.2) is 9.67 Å². The van der Waals surface area contributed by atoms with E-state index >= 15 is 0 Å². The third-order valence-corrected chi connectivity index (χ3v) is 6.33. The maximum atomic E-state index is 13.0. The Bertz CT molecular complexity index is 1260. The molecule has 1 aliphatic heterocycles. The lowest BCUT2D eigenvalue weighted by molar-refractivity contribution is 0.0931. The molecule has 1 fully saturated rings. The number of aromatic nitrogens is 3. The predicted molar refractivity (Wildman–Crippen MR) is 120 cm³/mol. The van der Waals surface area contributed by atoms with Gasteiger partial charge in [0.2, 0.25) is 0 Å². The van der Waals surface area contributed by atoms with E-state index in [4.69, 9.17) is 16.9 Å². The number of nitrogens with one attached hydrogen (secondary N) is 1. The number of benzene rings is 1. The summed E-state index contributed by atoms with van der Waals surface area (Å²) in [5.74, 6) is 0.299. The smallest absolute Gasteiger partial charge is 0.253 e. The fourth-order valence-corrected chi connectivity index (χ4v) is 4.50. The first kappa shape index (κ1) is 21.6. The Labute approximate surface area is 191 Å². The molecule has 0 unspecified atom stereocenters. The van der Waals surface area contributed by atoms with Crippen LogP contribution in [-0.4, -0.2) is 43.7 Å². The SMILES string of the molecule is CC[C@H]1C[C@@H](NC(=O)c2cc3cnn(-c4cccc(CC#N)n4)c3cc2Cl)[C@@H](C)N1C#N. The lowest BCUT2D eigenvalue weighted by Crippen LogP contribution is -2.42. The lowest BCUT2D eigenvalue weighted by Gasteiger charge is -2.22. The molecule has 1 aromatic carbocycles. The largest absolute Gasteiger partial charge is 0.347 e. The van der Waals surface area contributed by atoms with Crippen LogP contribution in [0.1, 0.15) is 42.7 Å². The second kappa shape index (κ2) is 8.86. The van der Waals surface area contributed by atoms with Crippen molar-refractivity contribution in [2.24, 2.45) is 0 Å². The van der Waals surface area contributed by atoms with Crippen molar-refractivity contribution in [2.45, 2.75) is 51.2 Å². The first-order valence-electron chi connectivity index (χ1n) is 10.5. The van der Waals surface area contributed by atoms with Crippen LogP contribution in [0.25, 0.3) is 16.7 Å². The van der Waals surface area contributed by atoms with Gasteiger partial charge in [-0.15, -0.1) is 0 Å². The van der Waals surface area contributed by atoms with Crippen molar-refractivity contribution in [2.75, 3.05) is 0 Å². The number of hydrogen-bond donors (Lipinski definition) is 1. The van der Waals surface area contributed by atoms with Crippen LogP contribution in [0.5, 0.6) is 0 Å². The normalized spacial score (nSPS) is 20.2. The Morgan fingerprint density at radius 3 is 2.84 bits per heavy atom. The number of carbonyl (C=O) groups is 1.